The van der Waals surface area contributed by atoms with Gasteiger partial charge in [0.05, 0.1) is 13.2 Å². The van der Waals surface area contributed by atoms with Crippen LogP contribution < -0.4 is 0 Å². The highest BCUT2D eigenvalue weighted by Gasteiger charge is 2.42. The van der Waals surface area contributed by atoms with Gasteiger partial charge < -0.3 is 14.6 Å². The van der Waals surface area contributed by atoms with E-state index in [1.54, 1.807) is 0 Å². The van der Waals surface area contributed by atoms with Gasteiger partial charge in [0.15, 0.2) is 5.41 Å². The molecule has 1 rings (SSSR count). The number of carboxylic acids is 1. The maximum Gasteiger partial charge on any atom is 0.322 e. The van der Waals surface area contributed by atoms with Crippen molar-refractivity contribution in [2.75, 3.05) is 13.7 Å². The number of rotatable bonds is 6. The number of carbonyl (C=O) groups is 2. The van der Waals surface area contributed by atoms with Crippen molar-refractivity contribution >= 4 is 11.9 Å². The Morgan fingerprint density at radius 1 is 1.53 bits per heavy atom. The maximum atomic E-state index is 11.5. The number of esters is 1. The number of carbonyl (C=O) groups excluding carboxylic acids is 1. The molecule has 0 aliphatic carbocycles. The molecule has 0 spiro atoms. The molecule has 1 N–H and O–H groups in total. The Morgan fingerprint density at radius 2 is 2.24 bits per heavy atom. The van der Waals surface area contributed by atoms with Crippen LogP contribution in [0.5, 0.6) is 0 Å². The molecule has 5 nitrogen and oxygen atoms in total. The van der Waals surface area contributed by atoms with E-state index in [1.807, 2.05) is 0 Å². The molecule has 0 bridgehead atoms. The van der Waals surface area contributed by atoms with Gasteiger partial charge in [-0.1, -0.05) is 0 Å². The molecule has 0 saturated carbocycles. The van der Waals surface area contributed by atoms with Crippen LogP contribution in [-0.4, -0.2) is 36.9 Å². The van der Waals surface area contributed by atoms with E-state index in [9.17, 15) is 9.59 Å². The second kappa shape index (κ2) is 6.00. The van der Waals surface area contributed by atoms with Gasteiger partial charge in [-0.05, 0) is 39.0 Å². The SMILES string of the molecule is COC(=O)C(C)(CCCC1CCCO1)C(=O)O. The number of ether oxygens (including phenoxy) is 2. The van der Waals surface area contributed by atoms with Gasteiger partial charge in [0.1, 0.15) is 0 Å². The lowest BCUT2D eigenvalue weighted by Gasteiger charge is -2.22. The van der Waals surface area contributed by atoms with Crippen LogP contribution in [-0.2, 0) is 19.1 Å². The monoisotopic (exact) mass is 244 g/mol. The molecule has 98 valence electrons. The molecule has 0 aromatic carbocycles. The summed E-state index contributed by atoms with van der Waals surface area (Å²) in [6.45, 7) is 2.20. The molecule has 0 amide bonds. The zero-order valence-electron chi connectivity index (χ0n) is 10.4. The average Bonchev–Trinajstić information content (AvgIpc) is 2.80. The average molecular weight is 244 g/mol. The van der Waals surface area contributed by atoms with E-state index in [-0.39, 0.29) is 12.5 Å². The van der Waals surface area contributed by atoms with Crippen LogP contribution in [0.3, 0.4) is 0 Å². The number of carboxylic acid groups (broad SMARTS) is 1. The summed E-state index contributed by atoms with van der Waals surface area (Å²) in [4.78, 5) is 22.6. The summed E-state index contributed by atoms with van der Waals surface area (Å²) in [5, 5.41) is 9.09. The van der Waals surface area contributed by atoms with Gasteiger partial charge in [-0.2, -0.15) is 0 Å². The first-order valence-electron chi connectivity index (χ1n) is 5.94. The molecular weight excluding hydrogens is 224 g/mol. The van der Waals surface area contributed by atoms with Gasteiger partial charge in [0.2, 0.25) is 0 Å². The van der Waals surface area contributed by atoms with E-state index in [1.165, 1.54) is 14.0 Å². The Hall–Kier alpha value is -1.10. The summed E-state index contributed by atoms with van der Waals surface area (Å²) in [7, 11) is 1.21. The van der Waals surface area contributed by atoms with E-state index < -0.39 is 17.4 Å². The summed E-state index contributed by atoms with van der Waals surface area (Å²) < 4.78 is 10.00. The topological polar surface area (TPSA) is 72.8 Å². The Labute approximate surface area is 101 Å². The third kappa shape index (κ3) is 3.43. The minimum absolute atomic E-state index is 0.227. The van der Waals surface area contributed by atoms with Crippen molar-refractivity contribution in [1.29, 1.82) is 0 Å². The number of hydrogen-bond donors (Lipinski definition) is 1. The molecule has 2 atom stereocenters. The standard InChI is InChI=1S/C12H20O5/c1-12(10(13)14,11(15)16-2)7-3-5-9-6-4-8-17-9/h9H,3-8H2,1-2H3,(H,13,14). The molecule has 2 unspecified atom stereocenters. The summed E-state index contributed by atoms with van der Waals surface area (Å²) >= 11 is 0. The van der Waals surface area contributed by atoms with Crippen molar-refractivity contribution in [3.05, 3.63) is 0 Å². The predicted molar refractivity (Wildman–Crippen MR) is 60.6 cm³/mol. The minimum atomic E-state index is -1.44. The zero-order chi connectivity index (χ0) is 12.9. The molecule has 1 aliphatic heterocycles. The van der Waals surface area contributed by atoms with Crippen molar-refractivity contribution < 1.29 is 24.2 Å². The van der Waals surface area contributed by atoms with Crippen LogP contribution in [0.2, 0.25) is 0 Å². The summed E-state index contributed by atoms with van der Waals surface area (Å²) in [5.74, 6) is -1.81. The Bertz CT molecular complexity index is 283. The molecular formula is C12H20O5. The van der Waals surface area contributed by atoms with Crippen LogP contribution in [0.4, 0.5) is 0 Å². The van der Waals surface area contributed by atoms with E-state index in [4.69, 9.17) is 9.84 Å². The fraction of sp³-hybridized carbons (Fsp3) is 0.833. The van der Waals surface area contributed by atoms with Gasteiger partial charge in [0, 0.05) is 6.61 Å². The first-order chi connectivity index (χ1) is 8.00. The van der Waals surface area contributed by atoms with Crippen LogP contribution in [0.15, 0.2) is 0 Å². The van der Waals surface area contributed by atoms with Crippen LogP contribution in [0.1, 0.15) is 39.0 Å². The van der Waals surface area contributed by atoms with Crippen LogP contribution in [0.25, 0.3) is 0 Å². The van der Waals surface area contributed by atoms with Gasteiger partial charge in [0.25, 0.3) is 0 Å². The molecule has 1 aliphatic rings. The molecule has 0 radical (unpaired) electrons. The molecule has 0 aromatic rings. The molecule has 1 fully saturated rings. The van der Waals surface area contributed by atoms with Gasteiger partial charge >= 0.3 is 11.9 Å². The normalized spacial score (nSPS) is 23.1. The van der Waals surface area contributed by atoms with E-state index in [0.717, 1.165) is 25.9 Å². The highest BCUT2D eigenvalue weighted by Crippen LogP contribution is 2.28. The first-order valence-corrected chi connectivity index (χ1v) is 5.94. The smallest absolute Gasteiger partial charge is 0.322 e. The third-order valence-electron chi connectivity index (χ3n) is 3.33. The fourth-order valence-corrected chi connectivity index (χ4v) is 2.08. The van der Waals surface area contributed by atoms with Crippen molar-refractivity contribution in [3.63, 3.8) is 0 Å². The predicted octanol–water partition coefficient (Wildman–Crippen LogP) is 1.60. The van der Waals surface area contributed by atoms with E-state index in [0.29, 0.717) is 6.42 Å². The van der Waals surface area contributed by atoms with E-state index in [2.05, 4.69) is 4.74 Å². The van der Waals surface area contributed by atoms with Gasteiger partial charge in [-0.15, -0.1) is 0 Å². The quantitative estimate of drug-likeness (QED) is 0.567. The largest absolute Gasteiger partial charge is 0.480 e. The summed E-state index contributed by atoms with van der Waals surface area (Å²) in [6, 6.07) is 0. The molecule has 5 heteroatoms. The van der Waals surface area contributed by atoms with Crippen molar-refractivity contribution in [3.8, 4) is 0 Å². The fourth-order valence-electron chi connectivity index (χ4n) is 2.08. The Balaban J connectivity index is 2.44. The Morgan fingerprint density at radius 3 is 2.71 bits per heavy atom. The lowest BCUT2D eigenvalue weighted by molar-refractivity contribution is -0.166. The third-order valence-corrected chi connectivity index (χ3v) is 3.33. The zero-order valence-corrected chi connectivity index (χ0v) is 10.4. The summed E-state index contributed by atoms with van der Waals surface area (Å²) in [5.41, 5.74) is -1.44. The molecule has 17 heavy (non-hydrogen) atoms. The van der Waals surface area contributed by atoms with E-state index >= 15 is 0 Å². The molecule has 1 heterocycles. The van der Waals surface area contributed by atoms with Gasteiger partial charge in [-0.25, -0.2) is 0 Å². The number of aliphatic carboxylic acids is 1. The van der Waals surface area contributed by atoms with Crippen molar-refractivity contribution in [2.45, 2.75) is 45.1 Å². The highest BCUT2D eigenvalue weighted by atomic mass is 16.5. The lowest BCUT2D eigenvalue weighted by Crippen LogP contribution is -2.37. The summed E-state index contributed by atoms with van der Waals surface area (Å²) in [6.07, 6.45) is 4.07. The second-order valence-corrected chi connectivity index (χ2v) is 4.66. The van der Waals surface area contributed by atoms with Crippen molar-refractivity contribution in [2.24, 2.45) is 5.41 Å². The number of methoxy groups -OCH3 is 1. The minimum Gasteiger partial charge on any atom is -0.480 e. The van der Waals surface area contributed by atoms with Crippen molar-refractivity contribution in [1.82, 2.24) is 0 Å². The van der Waals surface area contributed by atoms with Gasteiger partial charge in [-0.3, -0.25) is 9.59 Å². The second-order valence-electron chi connectivity index (χ2n) is 4.66. The highest BCUT2D eigenvalue weighted by molar-refractivity contribution is 5.98. The molecule has 0 aromatic heterocycles. The maximum absolute atomic E-state index is 11.5. The first kappa shape index (κ1) is 14.0. The Kier molecular flexibility index (Phi) is 4.93. The van der Waals surface area contributed by atoms with Crippen LogP contribution >= 0.6 is 0 Å². The lowest BCUT2D eigenvalue weighted by atomic mass is 9.84. The number of hydrogen-bond acceptors (Lipinski definition) is 4. The van der Waals surface area contributed by atoms with Crippen LogP contribution in [0, 0.1) is 5.41 Å². The molecule has 1 saturated heterocycles.